The van der Waals surface area contributed by atoms with Crippen LogP contribution in [0.25, 0.3) is 0 Å². The van der Waals surface area contributed by atoms with Crippen molar-refractivity contribution in [2.75, 3.05) is 18.9 Å². The number of carbonyl (C=O) groups is 4. The van der Waals surface area contributed by atoms with E-state index >= 15 is 0 Å². The maximum atomic E-state index is 13.9. The van der Waals surface area contributed by atoms with Gasteiger partial charge in [0.25, 0.3) is 0 Å². The number of alkyl carbamates (subject to hydrolysis) is 1. The number of ether oxygens (including phenoxy) is 2. The van der Waals surface area contributed by atoms with Crippen molar-refractivity contribution < 1.29 is 28.7 Å². The molecule has 0 aliphatic carbocycles. The molecule has 9 nitrogen and oxygen atoms in total. The summed E-state index contributed by atoms with van der Waals surface area (Å²) in [4.78, 5) is 53.1. The average molecular weight is 538 g/mol. The van der Waals surface area contributed by atoms with Crippen LogP contribution >= 0.6 is 12.6 Å². The molecule has 0 radical (unpaired) electrons. The molecule has 0 spiro atoms. The molecule has 37 heavy (non-hydrogen) atoms. The van der Waals surface area contributed by atoms with Crippen LogP contribution in [-0.4, -0.2) is 64.9 Å². The SMILES string of the molecule is CCOC(=O)CCNC(=O)C(c1ccc(CC)cc1)N(C(=O)C(CS)NC(=O)OC(C)(C)C)C(C)(C)C. The number of benzene rings is 1. The standard InChI is InChI=1S/C27H43N3O6S/c1-9-18-11-13-19(14-12-18)22(23(32)28-16-15-21(31)35-10-2)30(26(3,4)5)24(33)20(17-37)29-25(34)36-27(6,7)8/h11-14,20,22,37H,9-10,15-17H2,1-8H3,(H,28,32)(H,29,34). The van der Waals surface area contributed by atoms with E-state index in [1.807, 2.05) is 52.0 Å². The van der Waals surface area contributed by atoms with Gasteiger partial charge in [-0.15, -0.1) is 0 Å². The zero-order valence-electron chi connectivity index (χ0n) is 23.3. The van der Waals surface area contributed by atoms with Gasteiger partial charge in [0.05, 0.1) is 13.0 Å². The lowest BCUT2D eigenvalue weighted by Gasteiger charge is -2.43. The number of nitrogens with one attached hydrogen (secondary N) is 2. The molecule has 0 saturated carbocycles. The van der Waals surface area contributed by atoms with Crippen LogP contribution in [0.2, 0.25) is 0 Å². The van der Waals surface area contributed by atoms with Crippen LogP contribution < -0.4 is 10.6 Å². The predicted octanol–water partition coefficient (Wildman–Crippen LogP) is 3.81. The number of esters is 1. The Morgan fingerprint density at radius 2 is 1.59 bits per heavy atom. The van der Waals surface area contributed by atoms with Gasteiger partial charge in [0.15, 0.2) is 0 Å². The summed E-state index contributed by atoms with van der Waals surface area (Å²) < 4.78 is 10.3. The Balaban J connectivity index is 3.39. The molecule has 0 heterocycles. The lowest BCUT2D eigenvalue weighted by Crippen LogP contribution is -2.59. The third-order valence-electron chi connectivity index (χ3n) is 5.28. The first-order valence-electron chi connectivity index (χ1n) is 12.6. The zero-order valence-corrected chi connectivity index (χ0v) is 24.2. The minimum absolute atomic E-state index is 0.00335. The summed E-state index contributed by atoms with van der Waals surface area (Å²) in [6.07, 6.45) is 0.0703. The van der Waals surface area contributed by atoms with E-state index in [-0.39, 0.29) is 25.3 Å². The van der Waals surface area contributed by atoms with Crippen molar-refractivity contribution in [3.8, 4) is 0 Å². The summed E-state index contributed by atoms with van der Waals surface area (Å²) in [6.45, 7) is 14.7. The van der Waals surface area contributed by atoms with Gasteiger partial charge in [0.2, 0.25) is 11.8 Å². The summed E-state index contributed by atoms with van der Waals surface area (Å²) in [5.41, 5.74) is 0.115. The first-order valence-corrected chi connectivity index (χ1v) is 13.2. The molecule has 2 N–H and O–H groups in total. The Bertz CT molecular complexity index is 922. The van der Waals surface area contributed by atoms with Gasteiger partial charge in [-0.1, -0.05) is 31.2 Å². The number of amides is 3. The van der Waals surface area contributed by atoms with Crippen molar-refractivity contribution in [1.82, 2.24) is 15.5 Å². The van der Waals surface area contributed by atoms with Crippen LogP contribution in [0.1, 0.15) is 79.0 Å². The Kier molecular flexibility index (Phi) is 12.4. The largest absolute Gasteiger partial charge is 0.466 e. The van der Waals surface area contributed by atoms with Gasteiger partial charge in [-0.3, -0.25) is 14.4 Å². The van der Waals surface area contributed by atoms with E-state index in [4.69, 9.17) is 9.47 Å². The van der Waals surface area contributed by atoms with Crippen molar-refractivity contribution in [3.63, 3.8) is 0 Å². The van der Waals surface area contributed by atoms with E-state index in [1.54, 1.807) is 27.7 Å². The highest BCUT2D eigenvalue weighted by molar-refractivity contribution is 7.80. The van der Waals surface area contributed by atoms with Crippen LogP contribution in [0.3, 0.4) is 0 Å². The second-order valence-corrected chi connectivity index (χ2v) is 11.0. The molecule has 2 unspecified atom stereocenters. The molecule has 0 fully saturated rings. The highest BCUT2D eigenvalue weighted by atomic mass is 32.1. The Hall–Kier alpha value is -2.75. The van der Waals surface area contributed by atoms with Crippen LogP contribution in [0, 0.1) is 0 Å². The van der Waals surface area contributed by atoms with Crippen LogP contribution in [0.4, 0.5) is 4.79 Å². The number of carbonyl (C=O) groups excluding carboxylic acids is 4. The second kappa shape index (κ2) is 14.3. The number of thiol groups is 1. The van der Waals surface area contributed by atoms with Gasteiger partial charge in [-0.25, -0.2) is 4.79 Å². The first-order chi connectivity index (χ1) is 17.1. The fourth-order valence-corrected chi connectivity index (χ4v) is 3.87. The summed E-state index contributed by atoms with van der Waals surface area (Å²) in [5, 5.41) is 5.36. The summed E-state index contributed by atoms with van der Waals surface area (Å²) in [7, 11) is 0. The molecule has 0 aromatic heterocycles. The minimum Gasteiger partial charge on any atom is -0.466 e. The van der Waals surface area contributed by atoms with E-state index < -0.39 is 47.1 Å². The van der Waals surface area contributed by atoms with E-state index in [2.05, 4.69) is 23.3 Å². The molecule has 0 aliphatic rings. The molecule has 10 heteroatoms. The molecular weight excluding hydrogens is 494 g/mol. The van der Waals surface area contributed by atoms with Crippen molar-refractivity contribution in [2.24, 2.45) is 0 Å². The van der Waals surface area contributed by atoms with Gasteiger partial charge < -0.3 is 25.0 Å². The topological polar surface area (TPSA) is 114 Å². The fraction of sp³-hybridized carbons (Fsp3) is 0.630. The quantitative estimate of drug-likeness (QED) is 0.292. The smallest absolute Gasteiger partial charge is 0.408 e. The van der Waals surface area contributed by atoms with E-state index in [0.717, 1.165) is 12.0 Å². The second-order valence-electron chi connectivity index (χ2n) is 10.6. The van der Waals surface area contributed by atoms with E-state index in [1.165, 1.54) is 4.90 Å². The van der Waals surface area contributed by atoms with Gasteiger partial charge in [0.1, 0.15) is 17.7 Å². The monoisotopic (exact) mass is 537 g/mol. The molecule has 1 rings (SSSR count). The van der Waals surface area contributed by atoms with Crippen molar-refractivity contribution in [1.29, 1.82) is 0 Å². The molecule has 0 saturated heterocycles. The van der Waals surface area contributed by atoms with Crippen molar-refractivity contribution in [3.05, 3.63) is 35.4 Å². The van der Waals surface area contributed by atoms with Crippen molar-refractivity contribution >= 4 is 36.5 Å². The average Bonchev–Trinajstić information content (AvgIpc) is 2.78. The third-order valence-corrected chi connectivity index (χ3v) is 5.64. The number of aryl methyl sites for hydroxylation is 1. The zero-order chi connectivity index (χ0) is 28.4. The maximum absolute atomic E-state index is 13.9. The van der Waals surface area contributed by atoms with Crippen LogP contribution in [-0.2, 0) is 30.3 Å². The number of hydrogen-bond acceptors (Lipinski definition) is 7. The van der Waals surface area contributed by atoms with Crippen molar-refractivity contribution in [2.45, 2.75) is 91.5 Å². The normalized spacial score (nSPS) is 13.2. The molecule has 2 atom stereocenters. The van der Waals surface area contributed by atoms with E-state index in [9.17, 15) is 19.2 Å². The molecule has 1 aromatic rings. The number of rotatable bonds is 11. The predicted molar refractivity (Wildman–Crippen MR) is 146 cm³/mol. The first kappa shape index (κ1) is 32.3. The fourth-order valence-electron chi connectivity index (χ4n) is 3.62. The van der Waals surface area contributed by atoms with Gasteiger partial charge >= 0.3 is 12.1 Å². The lowest BCUT2D eigenvalue weighted by molar-refractivity contribution is -0.148. The maximum Gasteiger partial charge on any atom is 0.408 e. The lowest BCUT2D eigenvalue weighted by atomic mass is 9.94. The number of hydrogen-bond donors (Lipinski definition) is 3. The number of nitrogens with zero attached hydrogens (tertiary/aromatic N) is 1. The Morgan fingerprint density at radius 3 is 2.05 bits per heavy atom. The molecular formula is C27H43N3O6S. The molecule has 208 valence electrons. The van der Waals surface area contributed by atoms with Crippen LogP contribution in [0.15, 0.2) is 24.3 Å². The summed E-state index contributed by atoms with van der Waals surface area (Å²) in [5.74, 6) is -1.37. The highest BCUT2D eigenvalue weighted by Crippen LogP contribution is 2.30. The van der Waals surface area contributed by atoms with Gasteiger partial charge in [-0.05, 0) is 66.0 Å². The Labute approximate surface area is 226 Å². The highest BCUT2D eigenvalue weighted by Gasteiger charge is 2.41. The molecule has 0 bridgehead atoms. The molecule has 0 aliphatic heterocycles. The molecule has 1 aromatic carbocycles. The Morgan fingerprint density at radius 1 is 1.00 bits per heavy atom. The van der Waals surface area contributed by atoms with Crippen LogP contribution in [0.5, 0.6) is 0 Å². The minimum atomic E-state index is -1.04. The van der Waals surface area contributed by atoms with Gasteiger partial charge in [0, 0.05) is 17.8 Å². The van der Waals surface area contributed by atoms with Gasteiger partial charge in [-0.2, -0.15) is 12.6 Å². The third kappa shape index (κ3) is 10.6. The summed E-state index contributed by atoms with van der Waals surface area (Å²) in [6, 6.07) is 5.39. The summed E-state index contributed by atoms with van der Waals surface area (Å²) >= 11 is 4.29. The van der Waals surface area contributed by atoms with E-state index in [0.29, 0.717) is 5.56 Å². The molecule has 3 amide bonds.